The van der Waals surface area contributed by atoms with Crippen LogP contribution in [-0.4, -0.2) is 35.6 Å². The van der Waals surface area contributed by atoms with Crippen molar-refractivity contribution in [3.63, 3.8) is 0 Å². The molecule has 0 unspecified atom stereocenters. The number of anilines is 1. The van der Waals surface area contributed by atoms with Gasteiger partial charge in [-0.05, 0) is 56.3 Å². The smallest absolute Gasteiger partial charge is 0.141 e. The van der Waals surface area contributed by atoms with Gasteiger partial charge in [0.1, 0.15) is 22.2 Å². The number of nitrogens with zero attached hydrogens (tertiary/aromatic N) is 3. The fourth-order valence-corrected chi connectivity index (χ4v) is 4.31. The van der Waals surface area contributed by atoms with Crippen LogP contribution in [0.25, 0.3) is 10.2 Å². The summed E-state index contributed by atoms with van der Waals surface area (Å²) in [6, 6.07) is 6.76. The Bertz CT molecular complexity index is 806. The normalized spacial score (nSPS) is 16.0. The van der Waals surface area contributed by atoms with Gasteiger partial charge in [-0.15, -0.1) is 11.3 Å². The average molecular weight is 356 g/mol. The molecule has 0 atom stereocenters. The Morgan fingerprint density at radius 3 is 2.96 bits per heavy atom. The highest BCUT2D eigenvalue weighted by atomic mass is 32.1. The van der Waals surface area contributed by atoms with Gasteiger partial charge in [-0.3, -0.25) is 0 Å². The van der Waals surface area contributed by atoms with E-state index in [-0.39, 0.29) is 0 Å². The molecule has 132 valence electrons. The number of hydrogen-bond donors (Lipinski definition) is 1. The summed E-state index contributed by atoms with van der Waals surface area (Å²) in [7, 11) is 0. The van der Waals surface area contributed by atoms with E-state index in [1.165, 1.54) is 5.39 Å². The summed E-state index contributed by atoms with van der Waals surface area (Å²) >= 11 is 1.69. The Morgan fingerprint density at radius 1 is 1.28 bits per heavy atom. The molecule has 0 bridgehead atoms. The molecule has 1 aliphatic rings. The number of aryl methyl sites for hydroxylation is 2. The Morgan fingerprint density at radius 2 is 2.16 bits per heavy atom. The molecule has 1 aliphatic heterocycles. The van der Waals surface area contributed by atoms with Crippen LogP contribution in [0.1, 0.15) is 30.8 Å². The van der Waals surface area contributed by atoms with Crippen molar-refractivity contribution < 1.29 is 4.42 Å². The number of furan rings is 1. The van der Waals surface area contributed by atoms with Crippen LogP contribution in [0, 0.1) is 6.92 Å². The molecule has 4 rings (SSSR count). The molecule has 3 aromatic heterocycles. The number of aromatic nitrogens is 2. The quantitative estimate of drug-likeness (QED) is 0.681. The standard InChI is InChI=1S/C19H24N4OS/c1-14-21-18(17-8-13-25-19(17)22-14)23-10-6-15(7-11-23)20-9-2-4-16-5-3-12-24-16/h3,5,8,12-13,15,20H,2,4,6-7,9-11H2,1H3. The van der Waals surface area contributed by atoms with E-state index >= 15 is 0 Å². The Balaban J connectivity index is 1.28. The van der Waals surface area contributed by atoms with Crippen molar-refractivity contribution in [2.24, 2.45) is 0 Å². The SMILES string of the molecule is Cc1nc(N2CCC(NCCCc3ccco3)CC2)c2ccsc2n1. The molecule has 0 radical (unpaired) electrons. The van der Waals surface area contributed by atoms with Crippen LogP contribution in [0.15, 0.2) is 34.3 Å². The van der Waals surface area contributed by atoms with Crippen molar-refractivity contribution in [2.75, 3.05) is 24.5 Å². The number of piperidine rings is 1. The number of nitrogens with one attached hydrogen (secondary N) is 1. The first-order chi connectivity index (χ1) is 12.3. The maximum Gasteiger partial charge on any atom is 0.141 e. The maximum absolute atomic E-state index is 5.38. The summed E-state index contributed by atoms with van der Waals surface area (Å²) in [6.07, 6.45) is 6.20. The van der Waals surface area contributed by atoms with E-state index in [9.17, 15) is 0 Å². The predicted octanol–water partition coefficient (Wildman–Crippen LogP) is 3.78. The van der Waals surface area contributed by atoms with Crippen LogP contribution in [0.2, 0.25) is 0 Å². The van der Waals surface area contributed by atoms with Crippen LogP contribution in [0.4, 0.5) is 5.82 Å². The lowest BCUT2D eigenvalue weighted by atomic mass is 10.0. The van der Waals surface area contributed by atoms with Gasteiger partial charge in [0.05, 0.1) is 11.6 Å². The molecule has 0 aliphatic carbocycles. The van der Waals surface area contributed by atoms with Gasteiger partial charge in [0.2, 0.25) is 0 Å². The molecule has 4 heterocycles. The minimum Gasteiger partial charge on any atom is -0.469 e. The fourth-order valence-electron chi connectivity index (χ4n) is 3.50. The number of fused-ring (bicyclic) bond motifs is 1. The topological polar surface area (TPSA) is 54.2 Å². The number of thiophene rings is 1. The number of rotatable bonds is 6. The molecule has 0 aromatic carbocycles. The van der Waals surface area contributed by atoms with Crippen molar-refractivity contribution in [1.29, 1.82) is 0 Å². The zero-order valence-corrected chi connectivity index (χ0v) is 15.4. The van der Waals surface area contributed by atoms with Crippen molar-refractivity contribution in [3.05, 3.63) is 41.4 Å². The van der Waals surface area contributed by atoms with E-state index in [1.54, 1.807) is 17.6 Å². The fraction of sp³-hybridized carbons (Fsp3) is 0.474. The van der Waals surface area contributed by atoms with E-state index in [4.69, 9.17) is 9.40 Å². The average Bonchev–Trinajstić information content (AvgIpc) is 3.30. The van der Waals surface area contributed by atoms with Gasteiger partial charge >= 0.3 is 0 Å². The predicted molar refractivity (Wildman–Crippen MR) is 102 cm³/mol. The maximum atomic E-state index is 5.38. The third-order valence-corrected chi connectivity index (χ3v) is 5.63. The highest BCUT2D eigenvalue weighted by molar-refractivity contribution is 7.16. The Hall–Kier alpha value is -1.92. The second-order valence-corrected chi connectivity index (χ2v) is 7.53. The van der Waals surface area contributed by atoms with E-state index < -0.39 is 0 Å². The Kier molecular flexibility index (Phi) is 4.99. The van der Waals surface area contributed by atoms with Gasteiger partial charge in [-0.2, -0.15) is 0 Å². The molecule has 0 saturated carbocycles. The van der Waals surface area contributed by atoms with E-state index in [1.807, 2.05) is 19.1 Å². The molecule has 1 saturated heterocycles. The van der Waals surface area contributed by atoms with E-state index in [0.29, 0.717) is 6.04 Å². The molecule has 3 aromatic rings. The summed E-state index contributed by atoms with van der Waals surface area (Å²) in [5.41, 5.74) is 0. The molecule has 5 nitrogen and oxygen atoms in total. The first kappa shape index (κ1) is 16.5. The van der Waals surface area contributed by atoms with Gasteiger partial charge in [0.25, 0.3) is 0 Å². The van der Waals surface area contributed by atoms with E-state index in [2.05, 4.69) is 26.6 Å². The Labute approximate surface area is 152 Å². The first-order valence-electron chi connectivity index (χ1n) is 9.02. The monoisotopic (exact) mass is 356 g/mol. The summed E-state index contributed by atoms with van der Waals surface area (Å²) < 4.78 is 5.38. The first-order valence-corrected chi connectivity index (χ1v) is 9.90. The summed E-state index contributed by atoms with van der Waals surface area (Å²) in [5.74, 6) is 3.05. The second-order valence-electron chi connectivity index (χ2n) is 6.63. The largest absolute Gasteiger partial charge is 0.469 e. The summed E-state index contributed by atoms with van der Waals surface area (Å²) in [6.45, 7) is 5.14. The molecule has 0 amide bonds. The van der Waals surface area contributed by atoms with Crippen molar-refractivity contribution in [3.8, 4) is 0 Å². The van der Waals surface area contributed by atoms with Crippen molar-refractivity contribution in [2.45, 2.75) is 38.6 Å². The van der Waals surface area contributed by atoms with Crippen molar-refractivity contribution >= 4 is 27.4 Å². The minimum atomic E-state index is 0.605. The van der Waals surface area contributed by atoms with Gasteiger partial charge in [-0.1, -0.05) is 0 Å². The van der Waals surface area contributed by atoms with Gasteiger partial charge in [-0.25, -0.2) is 9.97 Å². The van der Waals surface area contributed by atoms with Crippen LogP contribution in [0.3, 0.4) is 0 Å². The van der Waals surface area contributed by atoms with Gasteiger partial charge < -0.3 is 14.6 Å². The molecule has 0 spiro atoms. The summed E-state index contributed by atoms with van der Waals surface area (Å²) in [5, 5.41) is 7.00. The lowest BCUT2D eigenvalue weighted by molar-refractivity contribution is 0.407. The highest BCUT2D eigenvalue weighted by Crippen LogP contribution is 2.29. The second kappa shape index (κ2) is 7.54. The van der Waals surface area contributed by atoms with Crippen LogP contribution >= 0.6 is 11.3 Å². The molecule has 1 fully saturated rings. The van der Waals surface area contributed by atoms with Crippen LogP contribution in [0.5, 0.6) is 0 Å². The van der Waals surface area contributed by atoms with Gasteiger partial charge in [0, 0.05) is 25.6 Å². The zero-order valence-electron chi connectivity index (χ0n) is 14.6. The molecular weight excluding hydrogens is 332 g/mol. The third kappa shape index (κ3) is 3.85. The zero-order chi connectivity index (χ0) is 17.1. The lowest BCUT2D eigenvalue weighted by Crippen LogP contribution is -2.43. The number of hydrogen-bond acceptors (Lipinski definition) is 6. The van der Waals surface area contributed by atoms with Crippen LogP contribution in [-0.2, 0) is 6.42 Å². The highest BCUT2D eigenvalue weighted by Gasteiger charge is 2.22. The van der Waals surface area contributed by atoms with Crippen molar-refractivity contribution in [1.82, 2.24) is 15.3 Å². The molecular formula is C19H24N4OS. The third-order valence-electron chi connectivity index (χ3n) is 4.82. The molecule has 25 heavy (non-hydrogen) atoms. The molecule has 1 N–H and O–H groups in total. The lowest BCUT2D eigenvalue weighted by Gasteiger charge is -2.33. The minimum absolute atomic E-state index is 0.605. The van der Waals surface area contributed by atoms with Gasteiger partial charge in [0.15, 0.2) is 0 Å². The van der Waals surface area contributed by atoms with E-state index in [0.717, 1.165) is 67.6 Å². The summed E-state index contributed by atoms with van der Waals surface area (Å²) in [4.78, 5) is 12.8. The molecule has 6 heteroatoms. The van der Waals surface area contributed by atoms with Crippen LogP contribution < -0.4 is 10.2 Å².